The van der Waals surface area contributed by atoms with Crippen molar-refractivity contribution in [1.29, 1.82) is 0 Å². The van der Waals surface area contributed by atoms with Gasteiger partial charge in [0.25, 0.3) is 0 Å². The van der Waals surface area contributed by atoms with Crippen molar-refractivity contribution in [3.63, 3.8) is 0 Å². The minimum Gasteiger partial charge on any atom is -0.383 e. The van der Waals surface area contributed by atoms with Crippen LogP contribution in [0.2, 0.25) is 0 Å². The van der Waals surface area contributed by atoms with E-state index in [1.807, 2.05) is 0 Å². The van der Waals surface area contributed by atoms with Crippen molar-refractivity contribution in [3.8, 4) is 0 Å². The zero-order valence-corrected chi connectivity index (χ0v) is 6.23. The second-order valence-corrected chi connectivity index (χ2v) is 1.95. The van der Waals surface area contributed by atoms with Gasteiger partial charge < -0.3 is 4.74 Å². The highest BCUT2D eigenvalue weighted by atomic mass is 16.5. The molecule has 0 unspecified atom stereocenters. The number of carbonyl (C=O) groups is 1. The van der Waals surface area contributed by atoms with Crippen molar-refractivity contribution in [3.05, 3.63) is 12.2 Å². The lowest BCUT2D eigenvalue weighted by Gasteiger charge is -1.99. The summed E-state index contributed by atoms with van der Waals surface area (Å²) in [7, 11) is 1.59. The summed E-state index contributed by atoms with van der Waals surface area (Å²) >= 11 is 0. The Balaban J connectivity index is 2.61. The molecule has 1 aromatic heterocycles. The van der Waals surface area contributed by atoms with Gasteiger partial charge in [0.15, 0.2) is 12.1 Å². The van der Waals surface area contributed by atoms with Gasteiger partial charge in [0.2, 0.25) is 0 Å². The molecule has 5 nitrogen and oxygen atoms in total. The Morgan fingerprint density at radius 1 is 1.82 bits per heavy atom. The van der Waals surface area contributed by atoms with E-state index in [2.05, 4.69) is 10.1 Å². The molecule has 0 aromatic carbocycles. The Hall–Kier alpha value is -1.23. The lowest BCUT2D eigenvalue weighted by atomic mass is 10.6. The number of aldehydes is 1. The highest BCUT2D eigenvalue weighted by Gasteiger charge is 1.99. The van der Waals surface area contributed by atoms with E-state index in [1.54, 1.807) is 7.11 Å². The minimum absolute atomic E-state index is 0.335. The summed E-state index contributed by atoms with van der Waals surface area (Å²) in [4.78, 5) is 14.0. The number of ether oxygens (including phenoxy) is 1. The molecule has 0 bridgehead atoms. The summed E-state index contributed by atoms with van der Waals surface area (Å²) in [5.74, 6) is 0.335. The lowest BCUT2D eigenvalue weighted by molar-refractivity contribution is 0.110. The molecule has 5 heteroatoms. The van der Waals surface area contributed by atoms with E-state index in [0.717, 1.165) is 0 Å². The largest absolute Gasteiger partial charge is 0.383 e. The van der Waals surface area contributed by atoms with E-state index < -0.39 is 0 Å². The van der Waals surface area contributed by atoms with Gasteiger partial charge in [0.1, 0.15) is 6.33 Å². The quantitative estimate of drug-likeness (QED) is 0.562. The number of hydrogen-bond acceptors (Lipinski definition) is 4. The first kappa shape index (κ1) is 7.87. The topological polar surface area (TPSA) is 57.0 Å². The van der Waals surface area contributed by atoms with Crippen LogP contribution in [0, 0.1) is 0 Å². The first-order chi connectivity index (χ1) is 5.38. The molecule has 0 aliphatic heterocycles. The third kappa shape index (κ3) is 1.84. The monoisotopic (exact) mass is 155 g/mol. The fourth-order valence-electron chi connectivity index (χ4n) is 0.714. The zero-order chi connectivity index (χ0) is 8.10. The number of nitrogens with zero attached hydrogens (tertiary/aromatic N) is 3. The Morgan fingerprint density at radius 3 is 3.27 bits per heavy atom. The van der Waals surface area contributed by atoms with Crippen LogP contribution in [0.3, 0.4) is 0 Å². The molecule has 1 heterocycles. The highest BCUT2D eigenvalue weighted by Crippen LogP contribution is 1.88. The maximum atomic E-state index is 10.3. The highest BCUT2D eigenvalue weighted by molar-refractivity contribution is 5.68. The van der Waals surface area contributed by atoms with Crippen molar-refractivity contribution >= 4 is 6.29 Å². The van der Waals surface area contributed by atoms with E-state index in [9.17, 15) is 4.79 Å². The molecule has 0 atom stereocenters. The third-order valence-electron chi connectivity index (χ3n) is 1.26. The third-order valence-corrected chi connectivity index (χ3v) is 1.26. The minimum atomic E-state index is 0.335. The molecule has 0 saturated carbocycles. The van der Waals surface area contributed by atoms with Crippen molar-refractivity contribution in [2.45, 2.75) is 6.54 Å². The van der Waals surface area contributed by atoms with Crippen molar-refractivity contribution in [2.75, 3.05) is 13.7 Å². The molecular weight excluding hydrogens is 146 g/mol. The normalized spacial score (nSPS) is 9.91. The van der Waals surface area contributed by atoms with Gasteiger partial charge in [-0.2, -0.15) is 5.10 Å². The molecule has 0 fully saturated rings. The molecule has 0 aliphatic carbocycles. The van der Waals surface area contributed by atoms with Gasteiger partial charge >= 0.3 is 0 Å². The average Bonchev–Trinajstić information content (AvgIpc) is 2.47. The van der Waals surface area contributed by atoms with Gasteiger partial charge in [-0.25, -0.2) is 9.67 Å². The average molecular weight is 155 g/mol. The Morgan fingerprint density at radius 2 is 2.64 bits per heavy atom. The summed E-state index contributed by atoms with van der Waals surface area (Å²) < 4.78 is 6.31. The summed E-state index contributed by atoms with van der Waals surface area (Å²) in [5, 5.41) is 3.82. The second-order valence-electron chi connectivity index (χ2n) is 1.95. The first-order valence-corrected chi connectivity index (χ1v) is 3.20. The van der Waals surface area contributed by atoms with E-state index >= 15 is 0 Å². The van der Waals surface area contributed by atoms with Crippen LogP contribution in [-0.4, -0.2) is 34.8 Å². The maximum Gasteiger partial charge on any atom is 0.191 e. The Bertz CT molecular complexity index is 233. The number of methoxy groups -OCH3 is 1. The second kappa shape index (κ2) is 3.82. The molecule has 1 rings (SSSR count). The molecule has 60 valence electrons. The first-order valence-electron chi connectivity index (χ1n) is 3.20. The van der Waals surface area contributed by atoms with Gasteiger partial charge in [-0.1, -0.05) is 0 Å². The van der Waals surface area contributed by atoms with Crippen LogP contribution >= 0.6 is 0 Å². The molecule has 0 spiro atoms. The van der Waals surface area contributed by atoms with Crippen molar-refractivity contribution in [2.24, 2.45) is 0 Å². The fraction of sp³-hybridized carbons (Fsp3) is 0.500. The Kier molecular flexibility index (Phi) is 2.74. The molecule has 0 aliphatic rings. The van der Waals surface area contributed by atoms with Crippen LogP contribution < -0.4 is 0 Å². The molecule has 0 N–H and O–H groups in total. The van der Waals surface area contributed by atoms with Gasteiger partial charge in [-0.3, -0.25) is 4.79 Å². The van der Waals surface area contributed by atoms with Gasteiger partial charge in [0, 0.05) is 7.11 Å². The summed E-state index contributed by atoms with van der Waals surface area (Å²) in [6.45, 7) is 1.09. The van der Waals surface area contributed by atoms with Crippen LogP contribution in [0.25, 0.3) is 0 Å². The van der Waals surface area contributed by atoms with Crippen LogP contribution in [0.1, 0.15) is 10.6 Å². The standard InChI is InChI=1S/C6H9N3O2/c1-11-3-2-9-6(4-10)7-5-8-9/h4-5H,2-3H2,1H3. The predicted octanol–water partition coefficient (Wildman–Crippen LogP) is -0.263. The molecule has 0 saturated heterocycles. The Labute approximate surface area is 64.0 Å². The van der Waals surface area contributed by atoms with Gasteiger partial charge in [0.05, 0.1) is 13.2 Å². The molecular formula is C6H9N3O2. The number of aromatic nitrogens is 3. The van der Waals surface area contributed by atoms with E-state index in [-0.39, 0.29) is 0 Å². The zero-order valence-electron chi connectivity index (χ0n) is 6.23. The van der Waals surface area contributed by atoms with Gasteiger partial charge in [-0.05, 0) is 0 Å². The molecule has 0 amide bonds. The fourth-order valence-corrected chi connectivity index (χ4v) is 0.714. The van der Waals surface area contributed by atoms with Crippen LogP contribution in [0.15, 0.2) is 6.33 Å². The molecule has 1 aromatic rings. The smallest absolute Gasteiger partial charge is 0.191 e. The molecule has 11 heavy (non-hydrogen) atoms. The number of hydrogen-bond donors (Lipinski definition) is 0. The number of carbonyl (C=O) groups excluding carboxylic acids is 1. The summed E-state index contributed by atoms with van der Waals surface area (Å²) in [6, 6.07) is 0. The molecule has 0 radical (unpaired) electrons. The summed E-state index contributed by atoms with van der Waals surface area (Å²) in [6.07, 6.45) is 2.02. The lowest BCUT2D eigenvalue weighted by Crippen LogP contribution is -2.09. The van der Waals surface area contributed by atoms with Gasteiger partial charge in [-0.15, -0.1) is 0 Å². The van der Waals surface area contributed by atoms with Crippen LogP contribution in [0.5, 0.6) is 0 Å². The SMILES string of the molecule is COCCn1ncnc1C=O. The van der Waals surface area contributed by atoms with E-state index in [4.69, 9.17) is 4.74 Å². The predicted molar refractivity (Wildman–Crippen MR) is 37.3 cm³/mol. The maximum absolute atomic E-state index is 10.3. The van der Waals surface area contributed by atoms with E-state index in [1.165, 1.54) is 11.0 Å². The summed E-state index contributed by atoms with van der Waals surface area (Å²) in [5.41, 5.74) is 0. The van der Waals surface area contributed by atoms with Crippen molar-refractivity contribution in [1.82, 2.24) is 14.8 Å². The van der Waals surface area contributed by atoms with Crippen molar-refractivity contribution < 1.29 is 9.53 Å². The van der Waals surface area contributed by atoms with E-state index in [0.29, 0.717) is 25.3 Å². The number of rotatable bonds is 4. The van der Waals surface area contributed by atoms with Crippen LogP contribution in [-0.2, 0) is 11.3 Å². The van der Waals surface area contributed by atoms with Crippen LogP contribution in [0.4, 0.5) is 0 Å².